The largest absolute Gasteiger partial charge is 0.399 e. The van der Waals surface area contributed by atoms with Crippen molar-refractivity contribution in [2.45, 2.75) is 33.6 Å². The summed E-state index contributed by atoms with van der Waals surface area (Å²) in [5.74, 6) is 0. The smallest absolute Gasteiger partial charge is 0.0504 e. The minimum absolute atomic E-state index is 0.821. The lowest BCUT2D eigenvalue weighted by Gasteiger charge is -2.14. The summed E-state index contributed by atoms with van der Waals surface area (Å²) in [5.41, 5.74) is 11.8. The van der Waals surface area contributed by atoms with Gasteiger partial charge in [-0.2, -0.15) is 0 Å². The molecular weight excluding hydrogens is 208 g/mol. The van der Waals surface area contributed by atoms with Crippen LogP contribution in [0.3, 0.4) is 0 Å². The van der Waals surface area contributed by atoms with Gasteiger partial charge in [0.1, 0.15) is 0 Å². The zero-order valence-corrected chi connectivity index (χ0v) is 10.8. The maximum Gasteiger partial charge on any atom is 0.0504 e. The fourth-order valence-electron chi connectivity index (χ4n) is 2.26. The van der Waals surface area contributed by atoms with Crippen LogP contribution in [0.5, 0.6) is 0 Å². The second-order valence-corrected chi connectivity index (χ2v) is 4.60. The second-order valence-electron chi connectivity index (χ2n) is 4.60. The number of hydrogen-bond donors (Lipinski definition) is 1. The highest BCUT2D eigenvalue weighted by Gasteiger charge is 2.09. The predicted octanol–water partition coefficient (Wildman–Crippen LogP) is 3.63. The van der Waals surface area contributed by atoms with Gasteiger partial charge in [0.15, 0.2) is 0 Å². The first-order valence-corrected chi connectivity index (χ1v) is 6.17. The van der Waals surface area contributed by atoms with Crippen LogP contribution in [-0.4, -0.2) is 4.57 Å². The Labute approximate surface area is 103 Å². The summed E-state index contributed by atoms with van der Waals surface area (Å²) in [7, 11) is 0. The van der Waals surface area contributed by atoms with E-state index in [1.54, 1.807) is 0 Å². The zero-order valence-electron chi connectivity index (χ0n) is 10.8. The van der Waals surface area contributed by atoms with E-state index in [0.29, 0.717) is 0 Å². The molecule has 0 radical (unpaired) electrons. The van der Waals surface area contributed by atoms with Gasteiger partial charge in [0.25, 0.3) is 0 Å². The first kappa shape index (κ1) is 11.8. The Bertz CT molecular complexity index is 524. The molecule has 0 saturated heterocycles. The number of rotatable bonds is 3. The van der Waals surface area contributed by atoms with Crippen LogP contribution in [0.1, 0.15) is 30.3 Å². The molecule has 0 spiro atoms. The number of anilines is 1. The van der Waals surface area contributed by atoms with Crippen molar-refractivity contribution in [3.05, 3.63) is 47.3 Å². The lowest BCUT2D eigenvalue weighted by Crippen LogP contribution is -2.04. The first-order valence-electron chi connectivity index (χ1n) is 6.17. The normalized spacial score (nSPS) is 10.8. The molecule has 1 aromatic carbocycles. The summed E-state index contributed by atoms with van der Waals surface area (Å²) >= 11 is 0. The molecule has 0 saturated carbocycles. The molecular formula is C15H20N2. The predicted molar refractivity (Wildman–Crippen MR) is 73.7 cm³/mol. The summed E-state index contributed by atoms with van der Waals surface area (Å²) in [5, 5.41) is 0. The Morgan fingerprint density at radius 2 is 1.88 bits per heavy atom. The Balaban J connectivity index is 2.58. The number of nitrogens with zero attached hydrogens (tertiary/aromatic N) is 1. The van der Waals surface area contributed by atoms with E-state index >= 15 is 0 Å². The summed E-state index contributed by atoms with van der Waals surface area (Å²) in [6.45, 7) is 6.48. The average molecular weight is 228 g/mol. The third kappa shape index (κ3) is 2.21. The van der Waals surface area contributed by atoms with Crippen molar-refractivity contribution < 1.29 is 0 Å². The van der Waals surface area contributed by atoms with Gasteiger partial charge in [-0.05, 0) is 50.1 Å². The van der Waals surface area contributed by atoms with Gasteiger partial charge in [0, 0.05) is 17.1 Å². The van der Waals surface area contributed by atoms with Gasteiger partial charge in [-0.15, -0.1) is 0 Å². The lowest BCUT2D eigenvalue weighted by molar-refractivity contribution is 0.827. The molecule has 1 heterocycles. The van der Waals surface area contributed by atoms with E-state index in [1.165, 1.54) is 22.6 Å². The van der Waals surface area contributed by atoms with Gasteiger partial charge < -0.3 is 10.3 Å². The van der Waals surface area contributed by atoms with Gasteiger partial charge >= 0.3 is 0 Å². The van der Waals surface area contributed by atoms with Crippen LogP contribution in [-0.2, 0) is 6.42 Å². The molecule has 17 heavy (non-hydrogen) atoms. The fraction of sp³-hybridized carbons (Fsp3) is 0.333. The highest BCUT2D eigenvalue weighted by Crippen LogP contribution is 2.23. The molecule has 0 amide bonds. The second kappa shape index (κ2) is 4.66. The minimum Gasteiger partial charge on any atom is -0.399 e. The molecule has 0 unspecified atom stereocenters. The van der Waals surface area contributed by atoms with E-state index in [-0.39, 0.29) is 0 Å². The van der Waals surface area contributed by atoms with Crippen LogP contribution in [0.4, 0.5) is 5.69 Å². The number of nitrogens with two attached hydrogens (primary N) is 1. The molecule has 0 aliphatic heterocycles. The molecule has 0 aliphatic carbocycles. The SMILES string of the molecule is CCCc1ccc(C)n1-c1cc(N)ccc1C. The van der Waals surface area contributed by atoms with E-state index in [2.05, 4.69) is 49.6 Å². The van der Waals surface area contributed by atoms with Crippen LogP contribution < -0.4 is 5.73 Å². The van der Waals surface area contributed by atoms with Crippen LogP contribution in [0, 0.1) is 13.8 Å². The van der Waals surface area contributed by atoms with E-state index in [1.807, 2.05) is 6.07 Å². The molecule has 1 aromatic heterocycles. The van der Waals surface area contributed by atoms with Crippen molar-refractivity contribution >= 4 is 5.69 Å². The average Bonchev–Trinajstić information content (AvgIpc) is 2.64. The lowest BCUT2D eigenvalue weighted by atomic mass is 10.1. The van der Waals surface area contributed by atoms with E-state index in [0.717, 1.165) is 18.5 Å². The molecule has 2 rings (SSSR count). The Morgan fingerprint density at radius 1 is 1.12 bits per heavy atom. The van der Waals surface area contributed by atoms with Crippen molar-refractivity contribution in [3.8, 4) is 5.69 Å². The Morgan fingerprint density at radius 3 is 2.59 bits per heavy atom. The number of aromatic nitrogens is 1. The van der Waals surface area contributed by atoms with Gasteiger partial charge in [0.2, 0.25) is 0 Å². The van der Waals surface area contributed by atoms with Gasteiger partial charge in [-0.1, -0.05) is 19.4 Å². The molecule has 0 atom stereocenters. The van der Waals surface area contributed by atoms with Gasteiger partial charge in [-0.3, -0.25) is 0 Å². The summed E-state index contributed by atoms with van der Waals surface area (Å²) in [4.78, 5) is 0. The van der Waals surface area contributed by atoms with Crippen molar-refractivity contribution in [2.24, 2.45) is 0 Å². The van der Waals surface area contributed by atoms with Crippen LogP contribution >= 0.6 is 0 Å². The maximum absolute atomic E-state index is 5.89. The third-order valence-electron chi connectivity index (χ3n) is 3.14. The Kier molecular flexibility index (Phi) is 3.23. The number of hydrogen-bond acceptors (Lipinski definition) is 1. The summed E-state index contributed by atoms with van der Waals surface area (Å²) < 4.78 is 2.31. The van der Waals surface area contributed by atoms with Crippen LogP contribution in [0.15, 0.2) is 30.3 Å². The molecule has 2 heteroatoms. The molecule has 2 nitrogen and oxygen atoms in total. The highest BCUT2D eigenvalue weighted by atomic mass is 15.0. The van der Waals surface area contributed by atoms with Crippen LogP contribution in [0.25, 0.3) is 5.69 Å². The van der Waals surface area contributed by atoms with E-state index in [9.17, 15) is 0 Å². The molecule has 0 bridgehead atoms. The molecule has 2 N–H and O–H groups in total. The first-order chi connectivity index (χ1) is 8.13. The molecule has 0 fully saturated rings. The highest BCUT2D eigenvalue weighted by molar-refractivity contribution is 5.54. The fourth-order valence-corrected chi connectivity index (χ4v) is 2.26. The molecule has 0 aliphatic rings. The summed E-state index contributed by atoms with van der Waals surface area (Å²) in [6, 6.07) is 10.5. The quantitative estimate of drug-likeness (QED) is 0.799. The monoisotopic (exact) mass is 228 g/mol. The van der Waals surface area contributed by atoms with Gasteiger partial charge in [0.05, 0.1) is 5.69 Å². The van der Waals surface area contributed by atoms with Crippen LogP contribution in [0.2, 0.25) is 0 Å². The van der Waals surface area contributed by atoms with E-state index < -0.39 is 0 Å². The summed E-state index contributed by atoms with van der Waals surface area (Å²) in [6.07, 6.45) is 2.26. The van der Waals surface area contributed by atoms with Gasteiger partial charge in [-0.25, -0.2) is 0 Å². The number of nitrogen functional groups attached to an aromatic ring is 1. The zero-order chi connectivity index (χ0) is 12.4. The standard InChI is InChI=1S/C15H20N2/c1-4-5-14-9-7-12(3)17(14)15-10-13(16)8-6-11(15)2/h6-10H,4-5,16H2,1-3H3. The van der Waals surface area contributed by atoms with Crippen molar-refractivity contribution in [1.29, 1.82) is 0 Å². The topological polar surface area (TPSA) is 30.9 Å². The Hall–Kier alpha value is -1.70. The van der Waals surface area contributed by atoms with Crippen molar-refractivity contribution in [3.63, 3.8) is 0 Å². The van der Waals surface area contributed by atoms with E-state index in [4.69, 9.17) is 5.73 Å². The number of benzene rings is 1. The number of aryl methyl sites for hydroxylation is 3. The molecule has 2 aromatic rings. The van der Waals surface area contributed by atoms with Crippen molar-refractivity contribution in [1.82, 2.24) is 4.57 Å². The maximum atomic E-state index is 5.89. The molecule has 90 valence electrons. The third-order valence-corrected chi connectivity index (χ3v) is 3.14. The minimum atomic E-state index is 0.821. The van der Waals surface area contributed by atoms with Crippen molar-refractivity contribution in [2.75, 3.05) is 5.73 Å².